The highest BCUT2D eigenvalue weighted by molar-refractivity contribution is 5.15. The molecule has 6 heteroatoms. The topological polar surface area (TPSA) is 66.4 Å². The van der Waals surface area contributed by atoms with E-state index in [2.05, 4.69) is 0 Å². The Balaban J connectivity index is 1.48. The summed E-state index contributed by atoms with van der Waals surface area (Å²) in [5.74, 6) is 0. The summed E-state index contributed by atoms with van der Waals surface area (Å²) >= 11 is 0. The van der Waals surface area contributed by atoms with Gasteiger partial charge in [-0.2, -0.15) is 0 Å². The minimum atomic E-state index is -0.944. The number of rotatable bonds is 13. The molecule has 0 saturated carbocycles. The van der Waals surface area contributed by atoms with Gasteiger partial charge in [0.2, 0.25) is 0 Å². The highest BCUT2D eigenvalue weighted by atomic mass is 16.7. The fraction of sp³-hybridized carbons (Fsp3) is 0.379. The molecule has 4 rings (SSSR count). The molecule has 6 nitrogen and oxygen atoms in total. The summed E-state index contributed by atoms with van der Waals surface area (Å²) in [4.78, 5) is 0. The zero-order chi connectivity index (χ0) is 24.3. The normalized spacial score (nSPS) is 22.8. The summed E-state index contributed by atoms with van der Waals surface area (Å²) < 4.78 is 30.4. The number of hydrogen-bond acceptors (Lipinski definition) is 6. The van der Waals surface area contributed by atoms with Crippen LogP contribution in [-0.4, -0.2) is 49.0 Å². The molecule has 3 aromatic carbocycles. The van der Waals surface area contributed by atoms with Crippen LogP contribution in [0.5, 0.6) is 0 Å². The fourth-order valence-electron chi connectivity index (χ4n) is 4.11. The van der Waals surface area contributed by atoms with E-state index in [0.29, 0.717) is 26.4 Å². The van der Waals surface area contributed by atoms with Crippen LogP contribution in [0.1, 0.15) is 23.6 Å². The molecule has 1 aliphatic rings. The van der Waals surface area contributed by atoms with Crippen molar-refractivity contribution in [2.45, 2.75) is 57.5 Å². The Bertz CT molecular complexity index is 968. The van der Waals surface area contributed by atoms with Gasteiger partial charge in [-0.25, -0.2) is 0 Å². The van der Waals surface area contributed by atoms with E-state index >= 15 is 0 Å². The van der Waals surface area contributed by atoms with E-state index in [4.69, 9.17) is 23.7 Å². The summed E-state index contributed by atoms with van der Waals surface area (Å²) in [5, 5.41) is 11.0. The second-order valence-corrected chi connectivity index (χ2v) is 8.51. The van der Waals surface area contributed by atoms with Crippen molar-refractivity contribution >= 4 is 0 Å². The van der Waals surface area contributed by atoms with Gasteiger partial charge in [0.25, 0.3) is 0 Å². The van der Waals surface area contributed by atoms with Gasteiger partial charge in [-0.1, -0.05) is 91.0 Å². The standard InChI is InChI=1S/C29H34O6/c1-2-32-29-26(30)28(34-20-24-16-10-5-11-17-24)27(35-29)25(33-19-23-14-8-4-9-15-23)21-31-18-22-12-6-3-7-13-22/h3-17,25-30H,2,18-21H2,1H3/t25-,26+,27+,28-,29+/m0/s1. The predicted octanol–water partition coefficient (Wildman–Crippen LogP) is 4.50. The third-order valence-corrected chi connectivity index (χ3v) is 5.91. The van der Waals surface area contributed by atoms with Crippen LogP contribution < -0.4 is 0 Å². The molecule has 186 valence electrons. The first kappa shape index (κ1) is 25.5. The predicted molar refractivity (Wildman–Crippen MR) is 132 cm³/mol. The van der Waals surface area contributed by atoms with Crippen LogP contribution in [0, 0.1) is 0 Å². The summed E-state index contributed by atoms with van der Waals surface area (Å²) in [6.45, 7) is 3.75. The highest BCUT2D eigenvalue weighted by Crippen LogP contribution is 2.30. The molecule has 0 aromatic heterocycles. The average Bonchev–Trinajstić information content (AvgIpc) is 3.21. The summed E-state index contributed by atoms with van der Waals surface area (Å²) in [6, 6.07) is 29.8. The molecule has 1 heterocycles. The quantitative estimate of drug-likeness (QED) is 0.390. The van der Waals surface area contributed by atoms with Gasteiger partial charge < -0.3 is 28.8 Å². The lowest BCUT2D eigenvalue weighted by molar-refractivity contribution is -0.189. The van der Waals surface area contributed by atoms with Crippen LogP contribution in [0.15, 0.2) is 91.0 Å². The second-order valence-electron chi connectivity index (χ2n) is 8.51. The zero-order valence-electron chi connectivity index (χ0n) is 20.1. The Morgan fingerprint density at radius 1 is 0.743 bits per heavy atom. The number of benzene rings is 3. The van der Waals surface area contributed by atoms with E-state index in [-0.39, 0.29) is 6.61 Å². The maximum Gasteiger partial charge on any atom is 0.186 e. The average molecular weight is 479 g/mol. The molecule has 0 aliphatic carbocycles. The maximum atomic E-state index is 11.0. The van der Waals surface area contributed by atoms with Crippen molar-refractivity contribution in [2.75, 3.05) is 13.2 Å². The van der Waals surface area contributed by atoms with Crippen molar-refractivity contribution in [1.29, 1.82) is 0 Å². The van der Waals surface area contributed by atoms with E-state index in [1.807, 2.05) is 97.9 Å². The van der Waals surface area contributed by atoms with Crippen LogP contribution in [-0.2, 0) is 43.5 Å². The van der Waals surface area contributed by atoms with Crippen molar-refractivity contribution in [3.8, 4) is 0 Å². The van der Waals surface area contributed by atoms with E-state index in [0.717, 1.165) is 16.7 Å². The molecule has 1 aliphatic heterocycles. The maximum absolute atomic E-state index is 11.0. The molecule has 0 bridgehead atoms. The van der Waals surface area contributed by atoms with E-state index < -0.39 is 30.7 Å². The van der Waals surface area contributed by atoms with Gasteiger partial charge in [-0.05, 0) is 23.6 Å². The minimum Gasteiger partial charge on any atom is -0.385 e. The van der Waals surface area contributed by atoms with Crippen LogP contribution >= 0.6 is 0 Å². The smallest absolute Gasteiger partial charge is 0.186 e. The van der Waals surface area contributed by atoms with E-state index in [1.165, 1.54) is 0 Å². The van der Waals surface area contributed by atoms with Gasteiger partial charge in [0.1, 0.15) is 24.4 Å². The van der Waals surface area contributed by atoms with Crippen LogP contribution in [0.2, 0.25) is 0 Å². The van der Waals surface area contributed by atoms with Crippen molar-refractivity contribution in [3.63, 3.8) is 0 Å². The molecule has 0 amide bonds. The fourth-order valence-corrected chi connectivity index (χ4v) is 4.11. The van der Waals surface area contributed by atoms with Crippen molar-refractivity contribution in [1.82, 2.24) is 0 Å². The van der Waals surface area contributed by atoms with Crippen LogP contribution in [0.4, 0.5) is 0 Å². The third kappa shape index (κ3) is 7.45. The monoisotopic (exact) mass is 478 g/mol. The van der Waals surface area contributed by atoms with Gasteiger partial charge in [0.05, 0.1) is 26.4 Å². The summed E-state index contributed by atoms with van der Waals surface area (Å²) in [5.41, 5.74) is 3.13. The van der Waals surface area contributed by atoms with Crippen molar-refractivity contribution < 1.29 is 28.8 Å². The molecule has 3 aromatic rings. The molecular formula is C29H34O6. The number of ether oxygens (including phenoxy) is 5. The van der Waals surface area contributed by atoms with Crippen molar-refractivity contribution in [2.24, 2.45) is 0 Å². The largest absolute Gasteiger partial charge is 0.385 e. The first-order valence-corrected chi connectivity index (χ1v) is 12.1. The number of aliphatic hydroxyl groups excluding tert-OH is 1. The van der Waals surface area contributed by atoms with E-state index in [9.17, 15) is 5.11 Å². The lowest BCUT2D eigenvalue weighted by atomic mass is 10.1. The Kier molecular flexibility index (Phi) is 9.84. The molecule has 0 unspecified atom stereocenters. The number of hydrogen-bond donors (Lipinski definition) is 1. The first-order chi connectivity index (χ1) is 17.2. The SMILES string of the molecule is CCO[C@@H]1O[C@H]([C@H](COCc2ccccc2)OCc2ccccc2)[C@@H](OCc2ccccc2)[C@H]1O. The lowest BCUT2D eigenvalue weighted by Gasteiger charge is -2.28. The highest BCUT2D eigenvalue weighted by Gasteiger charge is 2.49. The molecule has 35 heavy (non-hydrogen) atoms. The second kappa shape index (κ2) is 13.5. The Morgan fingerprint density at radius 3 is 1.86 bits per heavy atom. The van der Waals surface area contributed by atoms with Crippen molar-refractivity contribution in [3.05, 3.63) is 108 Å². The molecule has 1 saturated heterocycles. The first-order valence-electron chi connectivity index (χ1n) is 12.1. The van der Waals surface area contributed by atoms with Gasteiger partial charge in [-0.3, -0.25) is 0 Å². The van der Waals surface area contributed by atoms with Crippen LogP contribution in [0.3, 0.4) is 0 Å². The minimum absolute atomic E-state index is 0.281. The van der Waals surface area contributed by atoms with E-state index in [1.54, 1.807) is 0 Å². The van der Waals surface area contributed by atoms with Gasteiger partial charge in [0, 0.05) is 6.61 Å². The molecule has 0 spiro atoms. The van der Waals surface area contributed by atoms with Gasteiger partial charge >= 0.3 is 0 Å². The number of aliphatic hydroxyl groups is 1. The van der Waals surface area contributed by atoms with Gasteiger partial charge in [-0.15, -0.1) is 0 Å². The summed E-state index contributed by atoms with van der Waals surface area (Å²) in [6.07, 6.45) is -3.40. The molecule has 1 N–H and O–H groups in total. The Morgan fingerprint density at radius 2 is 1.29 bits per heavy atom. The Hall–Kier alpha value is -2.58. The third-order valence-electron chi connectivity index (χ3n) is 5.91. The van der Waals surface area contributed by atoms with Crippen LogP contribution in [0.25, 0.3) is 0 Å². The lowest BCUT2D eigenvalue weighted by Crippen LogP contribution is -2.44. The molecule has 5 atom stereocenters. The molecule has 0 radical (unpaired) electrons. The Labute approximate surface area is 207 Å². The summed E-state index contributed by atoms with van der Waals surface area (Å²) in [7, 11) is 0. The molecular weight excluding hydrogens is 444 g/mol. The zero-order valence-corrected chi connectivity index (χ0v) is 20.1. The van der Waals surface area contributed by atoms with Gasteiger partial charge in [0.15, 0.2) is 6.29 Å². The molecule has 1 fully saturated rings.